The number of hydrogen-bond donors (Lipinski definition) is 2. The van der Waals surface area contributed by atoms with Gasteiger partial charge in [0.1, 0.15) is 29.3 Å². The van der Waals surface area contributed by atoms with E-state index in [0.717, 1.165) is 24.8 Å². The second-order valence-corrected chi connectivity index (χ2v) is 29.3. The summed E-state index contributed by atoms with van der Waals surface area (Å²) in [5.74, 6) is -3.83. The number of carbonyl (C=O) groups is 5. The van der Waals surface area contributed by atoms with E-state index in [0.29, 0.717) is 62.9 Å². The maximum Gasteiger partial charge on any atom is 0.329 e. The highest BCUT2D eigenvalue weighted by Crippen LogP contribution is 2.42. The molecule has 1 saturated carbocycles. The molecule has 3 heterocycles. The second-order valence-electron chi connectivity index (χ2n) is 24.6. The summed E-state index contributed by atoms with van der Waals surface area (Å²) in [6.07, 6.45) is 16.9. The third kappa shape index (κ3) is 16.0. The lowest BCUT2D eigenvalue weighted by Crippen LogP contribution is -2.59. The number of aliphatic hydroxyl groups excluding tert-OH is 2. The van der Waals surface area contributed by atoms with E-state index in [1.165, 1.54) is 4.90 Å². The van der Waals surface area contributed by atoms with Gasteiger partial charge in [-0.3, -0.25) is 19.2 Å². The molecule has 0 aromatic heterocycles. The molecule has 0 aromatic carbocycles. The van der Waals surface area contributed by atoms with Crippen LogP contribution in [0.3, 0.4) is 0 Å². The Morgan fingerprint density at radius 1 is 0.875 bits per heavy atom. The molecule has 13 heteroatoms. The number of fused-ring (bicyclic) bond motifs is 3. The fraction of sp³-hybridized carbons (Fsp3) is 0.780. The van der Waals surface area contributed by atoms with Crippen LogP contribution in [0.2, 0.25) is 18.1 Å². The van der Waals surface area contributed by atoms with Crippen LogP contribution in [0.15, 0.2) is 47.6 Å². The molecule has 2 N–H and O–H groups in total. The number of Topliss-reactive ketones (excluding diaryl/α,β-unsaturated/α-hetero) is 3. The summed E-state index contributed by atoms with van der Waals surface area (Å²) in [5.41, 5.74) is 0.236. The number of esters is 1. The van der Waals surface area contributed by atoms with E-state index in [-0.39, 0.29) is 78.0 Å². The Morgan fingerprint density at radius 2 is 1.57 bits per heavy atom. The van der Waals surface area contributed by atoms with E-state index in [9.17, 15) is 34.2 Å². The van der Waals surface area contributed by atoms with Crippen molar-refractivity contribution in [2.75, 3.05) is 26.9 Å². The fourth-order valence-corrected chi connectivity index (χ4v) is 12.8. The van der Waals surface area contributed by atoms with Crippen LogP contribution in [-0.4, -0.2) is 116 Å². The highest BCUT2D eigenvalue weighted by atomic mass is 28.4. The normalized spacial score (nSPS) is 37.0. The van der Waals surface area contributed by atoms with Gasteiger partial charge in [0.25, 0.3) is 11.7 Å². The third-order valence-electron chi connectivity index (χ3n) is 17.8. The Balaban J connectivity index is 1.80. The summed E-state index contributed by atoms with van der Waals surface area (Å²) in [6.45, 7) is 28.1. The third-order valence-corrected chi connectivity index (χ3v) is 22.3. The van der Waals surface area contributed by atoms with Gasteiger partial charge in [-0.05, 0) is 137 Å². The number of ketones is 3. The van der Waals surface area contributed by atoms with Gasteiger partial charge >= 0.3 is 5.97 Å². The van der Waals surface area contributed by atoms with Crippen LogP contribution >= 0.6 is 0 Å². The summed E-state index contributed by atoms with van der Waals surface area (Å²) in [7, 11) is -0.887. The van der Waals surface area contributed by atoms with E-state index in [4.69, 9.17) is 18.6 Å². The van der Waals surface area contributed by atoms with Gasteiger partial charge in [0, 0.05) is 44.9 Å². The summed E-state index contributed by atoms with van der Waals surface area (Å²) in [4.78, 5) is 74.3. The first kappa shape index (κ1) is 61.5. The number of allylic oxidation sites excluding steroid dienone is 6. The topological polar surface area (TPSA) is 166 Å². The predicted octanol–water partition coefficient (Wildman–Crippen LogP) is 10.7. The van der Waals surface area contributed by atoms with Crippen LogP contribution in [0, 0.1) is 53.3 Å². The van der Waals surface area contributed by atoms with Crippen molar-refractivity contribution in [2.45, 2.75) is 214 Å². The standard InChI is InChI=1S/C59H97NO11Si/c1-37-21-17-16-18-22-39(3)51(68-13)33-47-27-25-44(8)59(12,70-47)55(65)56(66)60-28-20-19-23-49(60)57(67)69-52(41(5)31-45-26-24-38(2)46(32-45)35-61)34-50(63)40(4)30-43(7)54(71-72(14,15)58(9,10)11)48(36-62)53(64)42(6)29-37/h16-18,21-22,30,37-38,40-42,44-49,51-52,54,61-62H,19-20,23-29,31-36H2,1-15H3/b18-16?,21-17+,39-22?,43-30+/t37-,38-,40-,41-,42-,44-,45?,46+,47+,48+,49+,51+,52+,54-,59?/m1/s1. The Bertz CT molecular complexity index is 1970. The lowest BCUT2D eigenvalue weighted by Gasteiger charge is -2.44. The fourth-order valence-electron chi connectivity index (χ4n) is 11.4. The molecule has 72 heavy (non-hydrogen) atoms. The molecular formula is C59H97NO11Si. The van der Waals surface area contributed by atoms with Gasteiger partial charge in [0.2, 0.25) is 0 Å². The Morgan fingerprint density at radius 3 is 2.21 bits per heavy atom. The summed E-state index contributed by atoms with van der Waals surface area (Å²) in [5, 5.41) is 21.1. The second kappa shape index (κ2) is 27.1. The van der Waals surface area contributed by atoms with Gasteiger partial charge in [0.15, 0.2) is 8.32 Å². The molecule has 0 spiro atoms. The summed E-state index contributed by atoms with van der Waals surface area (Å²) in [6, 6.07) is -1.01. The Labute approximate surface area is 435 Å². The lowest BCUT2D eigenvalue weighted by molar-refractivity contribution is -0.184. The molecule has 1 aliphatic carbocycles. The number of nitrogens with zero attached hydrogens (tertiary/aromatic N) is 1. The molecule has 2 saturated heterocycles. The number of rotatable bonds is 8. The molecule has 1 amide bonds. The van der Waals surface area contributed by atoms with Crippen LogP contribution in [0.1, 0.15) is 160 Å². The van der Waals surface area contributed by atoms with Crippen molar-refractivity contribution in [3.05, 3.63) is 47.6 Å². The molecule has 408 valence electrons. The Kier molecular flexibility index (Phi) is 23.2. The molecule has 3 aliphatic heterocycles. The molecule has 3 fully saturated rings. The number of aliphatic hydroxyl groups is 2. The number of ether oxygens (including phenoxy) is 3. The molecule has 2 unspecified atom stereocenters. The molecule has 0 aromatic rings. The monoisotopic (exact) mass is 1020 g/mol. The van der Waals surface area contributed by atoms with Crippen LogP contribution in [0.4, 0.5) is 0 Å². The van der Waals surface area contributed by atoms with Gasteiger partial charge in [0.05, 0.1) is 30.8 Å². The number of amides is 1. The molecule has 15 atom stereocenters. The smallest absolute Gasteiger partial charge is 0.329 e. The number of methoxy groups -OCH3 is 1. The van der Waals surface area contributed by atoms with Gasteiger partial charge in [-0.2, -0.15) is 0 Å². The molecule has 12 nitrogen and oxygen atoms in total. The van der Waals surface area contributed by atoms with Crippen molar-refractivity contribution in [3.63, 3.8) is 0 Å². The first-order chi connectivity index (χ1) is 33.7. The van der Waals surface area contributed by atoms with E-state index < -0.39 is 74.2 Å². The molecule has 4 aliphatic rings. The van der Waals surface area contributed by atoms with Crippen molar-refractivity contribution in [2.24, 2.45) is 53.3 Å². The quantitative estimate of drug-likeness (QED) is 0.103. The molecule has 0 radical (unpaired) electrons. The van der Waals surface area contributed by atoms with Gasteiger partial charge in [-0.1, -0.05) is 112 Å². The van der Waals surface area contributed by atoms with Crippen molar-refractivity contribution < 1.29 is 52.8 Å². The molecule has 4 rings (SSSR count). The van der Waals surface area contributed by atoms with E-state index in [2.05, 4.69) is 53.8 Å². The molecular weight excluding hydrogens is 927 g/mol. The zero-order valence-electron chi connectivity index (χ0n) is 47.2. The van der Waals surface area contributed by atoms with E-state index in [1.807, 2.05) is 71.9 Å². The summed E-state index contributed by atoms with van der Waals surface area (Å²) < 4.78 is 26.1. The van der Waals surface area contributed by atoms with Crippen molar-refractivity contribution in [3.8, 4) is 0 Å². The van der Waals surface area contributed by atoms with Crippen molar-refractivity contribution in [1.29, 1.82) is 0 Å². The zero-order chi connectivity index (χ0) is 53.9. The number of carbonyl (C=O) groups excluding carboxylic acids is 5. The molecule has 2 bridgehead atoms. The summed E-state index contributed by atoms with van der Waals surface area (Å²) >= 11 is 0. The van der Waals surface area contributed by atoms with Crippen LogP contribution in [-0.2, 0) is 42.6 Å². The highest BCUT2D eigenvalue weighted by molar-refractivity contribution is 6.74. The number of piperidine rings is 1. The number of cyclic esters (lactones) is 1. The SMILES string of the molecule is CO[C@H]1C[C@@H]2CC[C@@H](C)C(C)(O2)C(=O)C(=O)N2CCCC[C@H]2C(=O)O[C@H]([C@H](C)CC2CC[C@@H](C)[C@H](CO)C2)CC(=O)[C@H](C)/C=C(\C)[C@@H](O[Si](C)(C)C(C)(C)C)[C@@H](CO)C(=O)[C@H](C)C[C@H](C)/C=C/C=CC=C1C. The minimum Gasteiger partial charge on any atom is -0.460 e. The first-order valence-electron chi connectivity index (χ1n) is 27.6. The van der Waals surface area contributed by atoms with E-state index in [1.54, 1.807) is 14.0 Å². The zero-order valence-corrected chi connectivity index (χ0v) is 48.2. The average molecular weight is 1020 g/mol. The largest absolute Gasteiger partial charge is 0.460 e. The lowest BCUT2D eigenvalue weighted by atomic mass is 9.72. The predicted molar refractivity (Wildman–Crippen MR) is 287 cm³/mol. The van der Waals surface area contributed by atoms with Crippen LogP contribution in [0.5, 0.6) is 0 Å². The van der Waals surface area contributed by atoms with Crippen molar-refractivity contribution >= 4 is 37.5 Å². The van der Waals surface area contributed by atoms with Gasteiger partial charge in [-0.25, -0.2) is 4.79 Å². The average Bonchev–Trinajstić information content (AvgIpc) is 3.32. The van der Waals surface area contributed by atoms with Crippen molar-refractivity contribution in [1.82, 2.24) is 4.90 Å². The minimum atomic E-state index is -2.54. The first-order valence-corrected chi connectivity index (χ1v) is 30.5. The maximum absolute atomic E-state index is 14.7. The van der Waals surface area contributed by atoms with Gasteiger partial charge < -0.3 is 33.7 Å². The van der Waals surface area contributed by atoms with Crippen LogP contribution < -0.4 is 0 Å². The van der Waals surface area contributed by atoms with Gasteiger partial charge in [-0.15, -0.1) is 0 Å². The highest BCUT2D eigenvalue weighted by Gasteiger charge is 2.51. The van der Waals surface area contributed by atoms with Crippen LogP contribution in [0.25, 0.3) is 0 Å². The maximum atomic E-state index is 14.7. The van der Waals surface area contributed by atoms with E-state index >= 15 is 0 Å². The number of hydrogen-bond acceptors (Lipinski definition) is 11. The Hall–Kier alpha value is -3.07. The minimum absolute atomic E-state index is 0.0486.